The summed E-state index contributed by atoms with van der Waals surface area (Å²) in [5.74, 6) is -1.83. The van der Waals surface area contributed by atoms with Crippen LogP contribution in [-0.2, 0) is 17.8 Å². The van der Waals surface area contributed by atoms with Gasteiger partial charge in [-0.15, -0.1) is 0 Å². The van der Waals surface area contributed by atoms with E-state index in [9.17, 15) is 8.78 Å². The van der Waals surface area contributed by atoms with Crippen LogP contribution in [0.1, 0.15) is 80.9 Å². The molecule has 0 bridgehead atoms. The zero-order valence-electron chi connectivity index (χ0n) is 19.2. The molecule has 2 aromatic rings. The van der Waals surface area contributed by atoms with Gasteiger partial charge in [-0.05, 0) is 64.2 Å². The standard InChI is InChI=1S/C26H32F2N2O/c1-7-19-10-9-11-21(25(6,27)28)23(19)31-15-14-26(12-13-26)24-29-18(5)20(16-17(3)4)22(8-2)30-24/h8-11,16H,2,7,12-15H2,1,3-6H3. The van der Waals surface area contributed by atoms with Gasteiger partial charge >= 0.3 is 0 Å². The molecule has 1 heterocycles. The Morgan fingerprint density at radius 1 is 1.26 bits per heavy atom. The van der Waals surface area contributed by atoms with E-state index in [0.29, 0.717) is 25.2 Å². The lowest BCUT2D eigenvalue weighted by Crippen LogP contribution is -2.19. The van der Waals surface area contributed by atoms with E-state index in [2.05, 4.69) is 12.7 Å². The van der Waals surface area contributed by atoms with Gasteiger partial charge in [-0.3, -0.25) is 0 Å². The predicted molar refractivity (Wildman–Crippen MR) is 123 cm³/mol. The molecule has 0 radical (unpaired) electrons. The van der Waals surface area contributed by atoms with Gasteiger partial charge in [-0.25, -0.2) is 18.7 Å². The summed E-state index contributed by atoms with van der Waals surface area (Å²) in [7, 11) is 0. The van der Waals surface area contributed by atoms with E-state index >= 15 is 0 Å². The summed E-state index contributed by atoms with van der Waals surface area (Å²) in [5.41, 5.74) is 4.53. The first-order chi connectivity index (χ1) is 14.6. The first-order valence-corrected chi connectivity index (χ1v) is 10.9. The van der Waals surface area contributed by atoms with E-state index < -0.39 is 5.92 Å². The Morgan fingerprint density at radius 2 is 1.97 bits per heavy atom. The minimum atomic E-state index is -2.95. The van der Waals surface area contributed by atoms with Crippen LogP contribution in [0.3, 0.4) is 0 Å². The number of alkyl halides is 2. The second-order valence-electron chi connectivity index (χ2n) is 8.77. The molecule has 166 valence electrons. The zero-order chi connectivity index (χ0) is 22.8. The smallest absolute Gasteiger partial charge is 0.274 e. The first-order valence-electron chi connectivity index (χ1n) is 10.9. The zero-order valence-corrected chi connectivity index (χ0v) is 19.2. The summed E-state index contributed by atoms with van der Waals surface area (Å²) in [6.07, 6.45) is 7.12. The van der Waals surface area contributed by atoms with Gasteiger partial charge in [0.1, 0.15) is 11.6 Å². The quantitative estimate of drug-likeness (QED) is 0.432. The summed E-state index contributed by atoms with van der Waals surface area (Å²) < 4.78 is 34.2. The Labute approximate surface area is 184 Å². The normalized spacial score (nSPS) is 14.8. The molecule has 0 atom stereocenters. The second kappa shape index (κ2) is 8.89. The molecule has 0 spiro atoms. The van der Waals surface area contributed by atoms with Gasteiger partial charge in [0.15, 0.2) is 0 Å². The van der Waals surface area contributed by atoms with Crippen molar-refractivity contribution in [1.29, 1.82) is 0 Å². The van der Waals surface area contributed by atoms with Crippen LogP contribution in [0.2, 0.25) is 0 Å². The predicted octanol–water partition coefficient (Wildman–Crippen LogP) is 7.03. The van der Waals surface area contributed by atoms with E-state index in [1.54, 1.807) is 12.1 Å². The van der Waals surface area contributed by atoms with Gasteiger partial charge in [0.2, 0.25) is 0 Å². The van der Waals surface area contributed by atoms with Crippen LogP contribution in [0.15, 0.2) is 30.4 Å². The third-order valence-electron chi connectivity index (χ3n) is 5.90. The number of halogens is 2. The van der Waals surface area contributed by atoms with E-state index in [-0.39, 0.29) is 11.0 Å². The van der Waals surface area contributed by atoms with Crippen molar-refractivity contribution in [1.82, 2.24) is 9.97 Å². The maximum Gasteiger partial charge on any atom is 0.274 e. The molecule has 3 rings (SSSR count). The minimum Gasteiger partial charge on any atom is -0.493 e. The Morgan fingerprint density at radius 3 is 2.52 bits per heavy atom. The van der Waals surface area contributed by atoms with E-state index in [1.165, 1.54) is 11.6 Å². The van der Waals surface area contributed by atoms with Crippen LogP contribution in [0, 0.1) is 6.92 Å². The van der Waals surface area contributed by atoms with E-state index in [4.69, 9.17) is 14.7 Å². The highest BCUT2D eigenvalue weighted by molar-refractivity contribution is 5.64. The molecule has 1 aromatic heterocycles. The Balaban J connectivity index is 1.82. The molecule has 1 saturated carbocycles. The minimum absolute atomic E-state index is 0.0520. The maximum atomic E-state index is 14.1. The molecule has 0 aliphatic heterocycles. The fourth-order valence-corrected chi connectivity index (χ4v) is 3.93. The molecule has 5 heteroatoms. The fraction of sp³-hybridized carbons (Fsp3) is 0.462. The number of aryl methyl sites for hydroxylation is 2. The number of hydrogen-bond donors (Lipinski definition) is 0. The van der Waals surface area contributed by atoms with Crippen molar-refractivity contribution in [2.24, 2.45) is 0 Å². The molecule has 0 amide bonds. The van der Waals surface area contributed by atoms with E-state index in [0.717, 1.165) is 48.1 Å². The molecule has 0 saturated heterocycles. The number of nitrogens with zero attached hydrogens (tertiary/aromatic N) is 2. The molecule has 0 N–H and O–H groups in total. The fourth-order valence-electron chi connectivity index (χ4n) is 3.93. The highest BCUT2D eigenvalue weighted by atomic mass is 19.3. The number of benzene rings is 1. The number of rotatable bonds is 9. The first kappa shape index (κ1) is 23.1. The van der Waals surface area contributed by atoms with Crippen LogP contribution in [0.5, 0.6) is 5.75 Å². The molecule has 0 unspecified atom stereocenters. The lowest BCUT2D eigenvalue weighted by molar-refractivity contribution is 0.0142. The van der Waals surface area contributed by atoms with Gasteiger partial charge in [0.25, 0.3) is 5.92 Å². The van der Waals surface area contributed by atoms with Crippen molar-refractivity contribution in [2.75, 3.05) is 6.61 Å². The summed E-state index contributed by atoms with van der Waals surface area (Å²) in [6, 6.07) is 4.97. The van der Waals surface area contributed by atoms with Gasteiger partial charge < -0.3 is 4.74 Å². The number of aromatic nitrogens is 2. The van der Waals surface area contributed by atoms with Crippen molar-refractivity contribution in [2.45, 2.75) is 71.6 Å². The van der Waals surface area contributed by atoms with Gasteiger partial charge in [0, 0.05) is 23.6 Å². The van der Waals surface area contributed by atoms with Crippen LogP contribution in [0.25, 0.3) is 12.2 Å². The van der Waals surface area contributed by atoms with Crippen LogP contribution >= 0.6 is 0 Å². The molecular formula is C26H32F2N2O. The number of ether oxygens (including phenoxy) is 1. The Hall–Kier alpha value is -2.56. The molecule has 3 nitrogen and oxygen atoms in total. The SMILES string of the molecule is C=Cc1nc(C2(CCOc3c(CC)cccc3C(C)(F)F)CC2)nc(C)c1C=C(C)C. The third kappa shape index (κ3) is 5.03. The van der Waals surface area contributed by atoms with Gasteiger partial charge in [-0.1, -0.05) is 37.3 Å². The Kier molecular flexibility index (Phi) is 6.63. The summed E-state index contributed by atoms with van der Waals surface area (Å²) in [6.45, 7) is 13.2. The highest BCUT2D eigenvalue weighted by Crippen LogP contribution is 2.50. The van der Waals surface area contributed by atoms with Gasteiger partial charge in [-0.2, -0.15) is 0 Å². The third-order valence-corrected chi connectivity index (χ3v) is 5.90. The molecule has 31 heavy (non-hydrogen) atoms. The maximum absolute atomic E-state index is 14.1. The van der Waals surface area contributed by atoms with Crippen molar-refractivity contribution in [3.63, 3.8) is 0 Å². The summed E-state index contributed by atoms with van der Waals surface area (Å²) in [5, 5.41) is 0. The molecule has 1 aliphatic rings. The molecular weight excluding hydrogens is 394 g/mol. The molecule has 1 aliphatic carbocycles. The lowest BCUT2D eigenvalue weighted by atomic mass is 10.00. The second-order valence-corrected chi connectivity index (χ2v) is 8.77. The van der Waals surface area contributed by atoms with Crippen molar-refractivity contribution >= 4 is 12.2 Å². The number of allylic oxidation sites excluding steroid dienone is 1. The number of para-hydroxylation sites is 1. The average Bonchev–Trinajstić information content (AvgIpc) is 3.49. The topological polar surface area (TPSA) is 35.0 Å². The highest BCUT2D eigenvalue weighted by Gasteiger charge is 2.47. The summed E-state index contributed by atoms with van der Waals surface area (Å²) >= 11 is 0. The van der Waals surface area contributed by atoms with Crippen molar-refractivity contribution in [3.8, 4) is 5.75 Å². The number of hydrogen-bond acceptors (Lipinski definition) is 3. The molecule has 1 fully saturated rings. The van der Waals surface area contributed by atoms with Crippen molar-refractivity contribution in [3.05, 3.63) is 64.3 Å². The largest absolute Gasteiger partial charge is 0.493 e. The average molecular weight is 427 g/mol. The Bertz CT molecular complexity index is 997. The molecule has 1 aromatic carbocycles. The van der Waals surface area contributed by atoms with Crippen LogP contribution in [-0.4, -0.2) is 16.6 Å². The summed E-state index contributed by atoms with van der Waals surface area (Å²) in [4.78, 5) is 9.61. The monoisotopic (exact) mass is 426 g/mol. The van der Waals surface area contributed by atoms with Crippen LogP contribution in [0.4, 0.5) is 8.78 Å². The van der Waals surface area contributed by atoms with Crippen molar-refractivity contribution < 1.29 is 13.5 Å². The van der Waals surface area contributed by atoms with E-state index in [1.807, 2.05) is 33.8 Å². The van der Waals surface area contributed by atoms with Gasteiger partial charge in [0.05, 0.1) is 17.9 Å². The lowest BCUT2D eigenvalue weighted by Gasteiger charge is -2.21. The van der Waals surface area contributed by atoms with Crippen LogP contribution < -0.4 is 4.74 Å².